The third-order valence-corrected chi connectivity index (χ3v) is 7.67. The van der Waals surface area contributed by atoms with E-state index in [1.54, 1.807) is 14.7 Å². The third kappa shape index (κ3) is 39.5. The minimum atomic E-state index is -1.24. The van der Waals surface area contributed by atoms with Gasteiger partial charge in [-0.25, -0.2) is 0 Å². The van der Waals surface area contributed by atoms with Crippen molar-refractivity contribution in [3.8, 4) is 0 Å². The van der Waals surface area contributed by atoms with E-state index in [9.17, 15) is 43.2 Å². The Hall–Kier alpha value is -2.37. The Kier molecular flexibility index (Phi) is 41.7. The van der Waals surface area contributed by atoms with E-state index in [4.69, 9.17) is 40.9 Å². The molecule has 0 aliphatic carbocycles. The van der Waals surface area contributed by atoms with E-state index in [0.29, 0.717) is 52.4 Å². The van der Waals surface area contributed by atoms with Crippen molar-refractivity contribution in [3.63, 3.8) is 0 Å². The fourth-order valence-corrected chi connectivity index (χ4v) is 5.25. The zero-order chi connectivity index (χ0) is 42.1. The first kappa shape index (κ1) is 65.7. The molecule has 0 atom stereocenters. The van der Waals surface area contributed by atoms with Crippen LogP contribution in [-0.4, -0.2) is 266 Å². The van der Waals surface area contributed by atoms with Gasteiger partial charge in [-0.1, -0.05) is 7.43 Å². The molecule has 1 aliphatic rings. The predicted molar refractivity (Wildman–Crippen MR) is 198 cm³/mol. The number of carboxylic acid groups (broad SMARTS) is 8. The molecular formula is C32H59Gd2N7O18+3. The van der Waals surface area contributed by atoms with Crippen LogP contribution in [0.2, 0.25) is 0 Å². The number of ketones is 1. The van der Waals surface area contributed by atoms with Crippen LogP contribution >= 0.6 is 0 Å². The summed E-state index contributed by atoms with van der Waals surface area (Å²) < 4.78 is 0. The number of rotatable bonds is 24. The standard InChI is InChI=1S/C17H29N4O7.C14H23N3O10.CH4.2Gd.H2O/c1-14(22)10-18-2-4-19(11-15(23)24)6-8-21(13-17(27)28)9-7-20(5-3-18)12-16(25)26;18-10(19)5-15(1-3-16(6-11(20)21)7-12(22)23)2-4-17(8-13(24)25)9-14(26)27;;;;/h1-13H2,(H,23,24)(H,25,26)(H,27,28);1-9H2,(H,18,19)(H,20,21)(H,22,23)(H,24,25)(H,26,27);1H4;;;1H2/q-1;;;;+3;/p+1. The summed E-state index contributed by atoms with van der Waals surface area (Å²) in [6, 6.07) is 0. The number of carbonyl (C=O) groups is 9. The summed E-state index contributed by atoms with van der Waals surface area (Å²) in [6.07, 6.45) is 0. The van der Waals surface area contributed by atoms with Crippen molar-refractivity contribution in [2.75, 3.05) is 137 Å². The van der Waals surface area contributed by atoms with E-state index in [1.165, 1.54) is 4.90 Å². The maximum Gasteiger partial charge on any atom is 3.00 e. The Bertz CT molecular complexity index is 1130. The van der Waals surface area contributed by atoms with Gasteiger partial charge in [0.2, 0.25) is 0 Å². The fraction of sp³-hybridized carbons (Fsp3) is 0.688. The molecule has 1 aliphatic heterocycles. The van der Waals surface area contributed by atoms with Gasteiger partial charge in [0.25, 0.3) is 0 Å². The molecule has 0 aromatic heterocycles. The van der Waals surface area contributed by atoms with Crippen LogP contribution in [0.15, 0.2) is 0 Å². The summed E-state index contributed by atoms with van der Waals surface area (Å²) in [5, 5.41) is 71.4. The number of hydrogen-bond acceptors (Lipinski definition) is 16. The summed E-state index contributed by atoms with van der Waals surface area (Å²) in [6.45, 7) is 3.19. The van der Waals surface area contributed by atoms with Crippen molar-refractivity contribution in [3.05, 3.63) is 6.92 Å². The molecule has 0 aromatic carbocycles. The second-order valence-corrected chi connectivity index (χ2v) is 12.5. The topological polar surface area (TPSA) is 371 Å². The summed E-state index contributed by atoms with van der Waals surface area (Å²) in [7, 11) is 0. The molecule has 1 saturated heterocycles. The van der Waals surface area contributed by atoms with Crippen molar-refractivity contribution in [2.45, 2.75) is 7.43 Å². The van der Waals surface area contributed by atoms with Crippen molar-refractivity contribution in [1.82, 2.24) is 34.3 Å². The van der Waals surface area contributed by atoms with Crippen molar-refractivity contribution < 1.29 is 169 Å². The van der Waals surface area contributed by atoms with Crippen LogP contribution in [0.3, 0.4) is 0 Å². The molecule has 11 N–H and O–H groups in total. The van der Waals surface area contributed by atoms with Gasteiger partial charge in [-0.05, 0) is 0 Å². The van der Waals surface area contributed by atoms with Gasteiger partial charge in [-0.15, -0.1) is 0 Å². The van der Waals surface area contributed by atoms with Crippen LogP contribution in [0, 0.1) is 86.8 Å². The SMILES string of the molecule is C.O=C(O)CN(CCN(CC(=O)O)CC(=O)O)CCN(CC(=O)O)CC(=O)O.[CH2-]C(=O)CN1CCN(CC(=O)O)CCN(CC(=O)O)CCN(CC(=O)O)CC1.[Gd+3].[Gd].[OH3+]. The molecule has 27 heteroatoms. The number of aliphatic carboxylic acids is 8. The Morgan fingerprint density at radius 2 is 0.576 bits per heavy atom. The molecule has 1 radical (unpaired) electrons. The zero-order valence-corrected chi connectivity index (χ0v) is 36.3. The van der Waals surface area contributed by atoms with Gasteiger partial charge >= 0.3 is 87.7 Å². The van der Waals surface area contributed by atoms with Crippen LogP contribution in [0.4, 0.5) is 0 Å². The Balaban J connectivity index is -0.000000309. The Labute approximate surface area is 405 Å². The van der Waals surface area contributed by atoms with E-state index in [2.05, 4.69) is 6.92 Å². The maximum atomic E-state index is 11.4. The molecule has 0 aromatic rings. The monoisotopic (exact) mass is 1150 g/mol. The van der Waals surface area contributed by atoms with Crippen molar-refractivity contribution >= 4 is 53.5 Å². The average Bonchev–Trinajstić information content (AvgIpc) is 3.01. The largest absolute Gasteiger partial charge is 3.00 e. The number of carboxylic acids is 8. The maximum absolute atomic E-state index is 11.4. The van der Waals surface area contributed by atoms with Gasteiger partial charge in [0.15, 0.2) is 0 Å². The van der Waals surface area contributed by atoms with Gasteiger partial charge < -0.3 is 58.0 Å². The minimum Gasteiger partial charge on any atom is -0.480 e. The average molecular weight is 1140 g/mol. The molecule has 1 heterocycles. The normalized spacial score (nSPS) is 14.3. The number of hydrogen-bond donors (Lipinski definition) is 8. The number of nitrogens with zero attached hydrogens (tertiary/aromatic N) is 7. The van der Waals surface area contributed by atoms with Gasteiger partial charge in [0.05, 0.1) is 52.4 Å². The van der Waals surface area contributed by atoms with Crippen LogP contribution < -0.4 is 0 Å². The van der Waals surface area contributed by atoms with Gasteiger partial charge in [-0.2, -0.15) is 0 Å². The second-order valence-electron chi connectivity index (χ2n) is 12.5. The van der Waals surface area contributed by atoms with Gasteiger partial charge in [0, 0.05) is 131 Å². The molecule has 1 fully saturated rings. The van der Waals surface area contributed by atoms with Gasteiger partial charge in [-0.3, -0.25) is 72.7 Å². The van der Waals surface area contributed by atoms with Gasteiger partial charge in [0.1, 0.15) is 0 Å². The number of carbonyl (C=O) groups excluding carboxylic acids is 1. The van der Waals surface area contributed by atoms with E-state index in [-0.39, 0.29) is 151 Å². The van der Waals surface area contributed by atoms with Crippen molar-refractivity contribution in [1.29, 1.82) is 0 Å². The fourth-order valence-electron chi connectivity index (χ4n) is 5.25. The first-order chi connectivity index (χ1) is 25.6. The summed E-state index contributed by atoms with van der Waals surface area (Å²) in [5.41, 5.74) is 0. The molecule has 0 amide bonds. The first-order valence-electron chi connectivity index (χ1n) is 16.8. The van der Waals surface area contributed by atoms with Crippen LogP contribution in [-0.2, 0) is 48.6 Å². The number of Topliss-reactive ketones (excluding diaryl/α,β-unsaturated/α-hetero) is 1. The molecule has 1 rings (SSSR count). The Morgan fingerprint density at radius 1 is 0.390 bits per heavy atom. The second kappa shape index (κ2) is 37.4. The molecular weight excluding hydrogens is 1080 g/mol. The van der Waals surface area contributed by atoms with Crippen LogP contribution in [0.25, 0.3) is 0 Å². The summed E-state index contributed by atoms with van der Waals surface area (Å²) in [4.78, 5) is 109. The quantitative estimate of drug-likeness (QED) is 0.0331. The molecule has 25 nitrogen and oxygen atoms in total. The van der Waals surface area contributed by atoms with E-state index >= 15 is 0 Å². The molecule has 0 unspecified atom stereocenters. The van der Waals surface area contributed by atoms with Crippen molar-refractivity contribution in [2.24, 2.45) is 0 Å². The molecule has 0 bridgehead atoms. The summed E-state index contributed by atoms with van der Waals surface area (Å²) >= 11 is 0. The zero-order valence-electron chi connectivity index (χ0n) is 31.7. The van der Waals surface area contributed by atoms with E-state index in [0.717, 1.165) is 9.80 Å². The first-order valence-corrected chi connectivity index (χ1v) is 16.8. The third-order valence-electron chi connectivity index (χ3n) is 7.67. The van der Waals surface area contributed by atoms with E-state index < -0.39 is 80.5 Å². The van der Waals surface area contributed by atoms with Crippen LogP contribution in [0.5, 0.6) is 0 Å². The Morgan fingerprint density at radius 3 is 0.763 bits per heavy atom. The molecule has 0 saturated carbocycles. The molecule has 0 spiro atoms. The predicted octanol–water partition coefficient (Wildman–Crippen LogP) is -5.11. The summed E-state index contributed by atoms with van der Waals surface area (Å²) in [5.74, 6) is -9.39. The smallest absolute Gasteiger partial charge is 0.480 e. The van der Waals surface area contributed by atoms with Crippen LogP contribution in [0.1, 0.15) is 7.43 Å². The molecule has 343 valence electrons. The minimum absolute atomic E-state index is 0. The molecule has 59 heavy (non-hydrogen) atoms. The van der Waals surface area contributed by atoms with E-state index in [1.807, 2.05) is 4.90 Å².